The number of ether oxygens (including phenoxy) is 4. The molecule has 1 aliphatic heterocycles. The second-order valence-electron chi connectivity index (χ2n) is 8.04. The minimum atomic E-state index is 0.792. The van der Waals surface area contributed by atoms with Crippen LogP contribution in [0, 0.1) is 0 Å². The molecule has 0 bridgehead atoms. The molecule has 0 N–H and O–H groups in total. The van der Waals surface area contributed by atoms with Crippen molar-refractivity contribution in [1.82, 2.24) is 19.6 Å². The van der Waals surface area contributed by atoms with E-state index in [9.17, 15) is 0 Å². The highest BCUT2D eigenvalue weighted by Crippen LogP contribution is 2.03. The summed E-state index contributed by atoms with van der Waals surface area (Å²) in [4.78, 5) is 10.2. The molecule has 8 heteroatoms. The minimum Gasteiger partial charge on any atom is -0.383 e. The van der Waals surface area contributed by atoms with Crippen molar-refractivity contribution < 1.29 is 18.9 Å². The van der Waals surface area contributed by atoms with Crippen LogP contribution in [-0.4, -0.2) is 153 Å². The van der Waals surface area contributed by atoms with Gasteiger partial charge in [0, 0.05) is 80.8 Å². The molecule has 8 nitrogen and oxygen atoms in total. The Bertz CT molecular complexity index is 313. The monoisotopic (exact) mass is 432 g/mol. The van der Waals surface area contributed by atoms with Gasteiger partial charge in [0.15, 0.2) is 0 Å². The van der Waals surface area contributed by atoms with Crippen LogP contribution in [0.4, 0.5) is 0 Å². The average Bonchev–Trinajstić information content (AvgIpc) is 2.76. The molecule has 0 atom stereocenters. The highest BCUT2D eigenvalue weighted by atomic mass is 16.5. The highest BCUT2D eigenvalue weighted by molar-refractivity contribution is 4.70. The number of nitrogens with zero attached hydrogens (tertiary/aromatic N) is 4. The Hall–Kier alpha value is -0.320. The minimum absolute atomic E-state index is 0.792. The van der Waals surface area contributed by atoms with Crippen LogP contribution in [0.3, 0.4) is 0 Å². The van der Waals surface area contributed by atoms with Gasteiger partial charge in [0.25, 0.3) is 0 Å². The van der Waals surface area contributed by atoms with Crippen LogP contribution < -0.4 is 0 Å². The molecular weight excluding hydrogens is 384 g/mol. The third-order valence-electron chi connectivity index (χ3n) is 5.81. The number of hydrogen-bond donors (Lipinski definition) is 0. The summed E-state index contributed by atoms with van der Waals surface area (Å²) in [6, 6.07) is 0. The van der Waals surface area contributed by atoms with E-state index < -0.39 is 0 Å². The zero-order valence-corrected chi connectivity index (χ0v) is 20.1. The fourth-order valence-corrected chi connectivity index (χ4v) is 3.82. The first-order valence-corrected chi connectivity index (χ1v) is 11.6. The maximum absolute atomic E-state index is 5.35. The van der Waals surface area contributed by atoms with Crippen molar-refractivity contribution in [3.8, 4) is 0 Å². The van der Waals surface area contributed by atoms with Gasteiger partial charge in [0.2, 0.25) is 0 Å². The zero-order valence-electron chi connectivity index (χ0n) is 20.1. The lowest BCUT2D eigenvalue weighted by Gasteiger charge is -2.32. The maximum atomic E-state index is 5.35. The quantitative estimate of drug-likeness (QED) is 0.444. The molecule has 1 saturated heterocycles. The standard InChI is InChI=1S/C22H48N4O4/c1-27-19-15-23-7-5-8-25(17-21-29-3)13-14-26(18-22-30-4)10-6-9-24(12-11-23)16-20-28-2/h5-22H2,1-4H3. The van der Waals surface area contributed by atoms with E-state index >= 15 is 0 Å². The summed E-state index contributed by atoms with van der Waals surface area (Å²) in [6.45, 7) is 15.9. The molecule has 0 aromatic carbocycles. The molecule has 0 saturated carbocycles. The van der Waals surface area contributed by atoms with Gasteiger partial charge in [-0.25, -0.2) is 0 Å². The van der Waals surface area contributed by atoms with Crippen LogP contribution in [-0.2, 0) is 18.9 Å². The summed E-state index contributed by atoms with van der Waals surface area (Å²) in [5.74, 6) is 0. The number of hydrogen-bond acceptors (Lipinski definition) is 8. The molecule has 180 valence electrons. The lowest BCUT2D eigenvalue weighted by Crippen LogP contribution is -2.43. The molecule has 0 aliphatic carbocycles. The van der Waals surface area contributed by atoms with Crippen molar-refractivity contribution in [1.29, 1.82) is 0 Å². The molecule has 0 radical (unpaired) electrons. The summed E-state index contributed by atoms with van der Waals surface area (Å²) in [5.41, 5.74) is 0. The van der Waals surface area contributed by atoms with Crippen LogP contribution in [0.1, 0.15) is 12.8 Å². The van der Waals surface area contributed by atoms with Crippen molar-refractivity contribution >= 4 is 0 Å². The van der Waals surface area contributed by atoms with Gasteiger partial charge in [-0.2, -0.15) is 0 Å². The van der Waals surface area contributed by atoms with Crippen molar-refractivity contribution in [2.45, 2.75) is 12.8 Å². The van der Waals surface area contributed by atoms with Gasteiger partial charge in [-0.15, -0.1) is 0 Å². The second kappa shape index (κ2) is 19.4. The lowest BCUT2D eigenvalue weighted by atomic mass is 10.2. The Labute approximate surface area is 185 Å². The fourth-order valence-electron chi connectivity index (χ4n) is 3.82. The molecule has 30 heavy (non-hydrogen) atoms. The van der Waals surface area contributed by atoms with Crippen molar-refractivity contribution in [3.63, 3.8) is 0 Å². The van der Waals surface area contributed by atoms with Gasteiger partial charge in [-0.1, -0.05) is 0 Å². The van der Waals surface area contributed by atoms with E-state index in [1.54, 1.807) is 28.4 Å². The van der Waals surface area contributed by atoms with Gasteiger partial charge in [-0.05, 0) is 39.0 Å². The number of methoxy groups -OCH3 is 4. The third-order valence-corrected chi connectivity index (χ3v) is 5.81. The van der Waals surface area contributed by atoms with Crippen molar-refractivity contribution in [3.05, 3.63) is 0 Å². The van der Waals surface area contributed by atoms with Crippen molar-refractivity contribution in [2.75, 3.05) is 133 Å². The largest absolute Gasteiger partial charge is 0.383 e. The molecule has 0 aromatic rings. The molecule has 1 heterocycles. The Kier molecular flexibility index (Phi) is 17.9. The van der Waals surface area contributed by atoms with Crippen LogP contribution in [0.2, 0.25) is 0 Å². The summed E-state index contributed by atoms with van der Waals surface area (Å²) in [7, 11) is 7.15. The molecule has 0 aromatic heterocycles. The molecule has 1 rings (SSSR count). The van der Waals surface area contributed by atoms with E-state index in [2.05, 4.69) is 19.6 Å². The summed E-state index contributed by atoms with van der Waals surface area (Å²) >= 11 is 0. The van der Waals surface area contributed by atoms with E-state index in [1.165, 1.54) is 12.8 Å². The van der Waals surface area contributed by atoms with E-state index in [0.717, 1.165) is 105 Å². The van der Waals surface area contributed by atoms with Crippen LogP contribution >= 0.6 is 0 Å². The van der Waals surface area contributed by atoms with E-state index in [4.69, 9.17) is 18.9 Å². The fraction of sp³-hybridized carbons (Fsp3) is 1.00. The van der Waals surface area contributed by atoms with Gasteiger partial charge < -0.3 is 18.9 Å². The maximum Gasteiger partial charge on any atom is 0.0589 e. The lowest BCUT2D eigenvalue weighted by molar-refractivity contribution is 0.0961. The molecular formula is C22H48N4O4. The zero-order chi connectivity index (χ0) is 21.9. The summed E-state index contributed by atoms with van der Waals surface area (Å²) in [5, 5.41) is 0. The SMILES string of the molecule is COCCN1CCCN(CCOC)CCN(CCOC)CCCN(CCOC)CC1. The molecule has 1 fully saturated rings. The molecule has 1 aliphatic rings. The Morgan fingerprint density at radius 1 is 0.400 bits per heavy atom. The Morgan fingerprint density at radius 2 is 0.633 bits per heavy atom. The van der Waals surface area contributed by atoms with Gasteiger partial charge in [-0.3, -0.25) is 19.6 Å². The van der Waals surface area contributed by atoms with E-state index in [-0.39, 0.29) is 0 Å². The molecule has 0 amide bonds. The second-order valence-corrected chi connectivity index (χ2v) is 8.04. The first-order chi connectivity index (χ1) is 14.7. The highest BCUT2D eigenvalue weighted by Gasteiger charge is 2.14. The average molecular weight is 433 g/mol. The number of rotatable bonds is 12. The topological polar surface area (TPSA) is 49.9 Å². The Balaban J connectivity index is 2.72. The van der Waals surface area contributed by atoms with Crippen LogP contribution in [0.25, 0.3) is 0 Å². The summed E-state index contributed by atoms with van der Waals surface area (Å²) in [6.07, 6.45) is 2.34. The first kappa shape index (κ1) is 27.7. The molecule has 0 spiro atoms. The van der Waals surface area contributed by atoms with Crippen LogP contribution in [0.15, 0.2) is 0 Å². The van der Waals surface area contributed by atoms with E-state index in [1.807, 2.05) is 0 Å². The van der Waals surface area contributed by atoms with Gasteiger partial charge in [0.05, 0.1) is 26.4 Å². The van der Waals surface area contributed by atoms with Crippen molar-refractivity contribution in [2.24, 2.45) is 0 Å². The first-order valence-electron chi connectivity index (χ1n) is 11.6. The predicted octanol–water partition coefficient (Wildman–Crippen LogP) is 0.574. The normalized spacial score (nSPS) is 20.4. The molecule has 0 unspecified atom stereocenters. The Morgan fingerprint density at radius 3 is 0.833 bits per heavy atom. The third kappa shape index (κ3) is 13.9. The summed E-state index contributed by atoms with van der Waals surface area (Å²) < 4.78 is 21.4. The predicted molar refractivity (Wildman–Crippen MR) is 122 cm³/mol. The van der Waals surface area contributed by atoms with Gasteiger partial charge >= 0.3 is 0 Å². The smallest absolute Gasteiger partial charge is 0.0589 e. The van der Waals surface area contributed by atoms with Crippen LogP contribution in [0.5, 0.6) is 0 Å². The van der Waals surface area contributed by atoms with E-state index in [0.29, 0.717) is 0 Å². The van der Waals surface area contributed by atoms with Gasteiger partial charge in [0.1, 0.15) is 0 Å².